The minimum absolute atomic E-state index is 0.206. The van der Waals surface area contributed by atoms with Crippen LogP contribution in [0.2, 0.25) is 0 Å². The summed E-state index contributed by atoms with van der Waals surface area (Å²) in [6, 6.07) is 11.8. The van der Waals surface area contributed by atoms with Crippen LogP contribution in [0.3, 0.4) is 0 Å². The molecule has 0 spiro atoms. The standard InChI is InChI=1S/C19H17N3OS2/c20-12-15-14-8-4-5-9-16(14)25-18(15)22-19(24)21-17(23)11-10-13-6-2-1-3-7-13/h1-3,6-7,10-11H,4-5,8-9H2,(H2,21,22,23,24)/b11-10+. The zero-order valence-electron chi connectivity index (χ0n) is 13.5. The van der Waals surface area contributed by atoms with Crippen LogP contribution in [-0.2, 0) is 17.6 Å². The van der Waals surface area contributed by atoms with Crippen LogP contribution < -0.4 is 10.6 Å². The number of hydrogen-bond acceptors (Lipinski definition) is 4. The molecule has 126 valence electrons. The van der Waals surface area contributed by atoms with E-state index >= 15 is 0 Å². The number of aryl methyl sites for hydroxylation is 1. The van der Waals surface area contributed by atoms with Crippen molar-refractivity contribution in [3.05, 3.63) is 58.0 Å². The van der Waals surface area contributed by atoms with Crippen LogP contribution in [0, 0.1) is 11.3 Å². The van der Waals surface area contributed by atoms with Gasteiger partial charge in [0.1, 0.15) is 11.1 Å². The van der Waals surface area contributed by atoms with E-state index in [9.17, 15) is 10.1 Å². The second-order valence-corrected chi connectivity index (χ2v) is 7.23. The normalized spacial score (nSPS) is 13.1. The number of fused-ring (bicyclic) bond motifs is 1. The molecular weight excluding hydrogens is 350 g/mol. The van der Waals surface area contributed by atoms with Gasteiger partial charge in [-0.2, -0.15) is 5.26 Å². The molecule has 0 bridgehead atoms. The molecule has 0 aliphatic heterocycles. The lowest BCUT2D eigenvalue weighted by molar-refractivity contribution is -0.115. The number of nitriles is 1. The summed E-state index contributed by atoms with van der Waals surface area (Å²) in [5, 5.41) is 16.0. The number of hydrogen-bond donors (Lipinski definition) is 2. The Hall–Kier alpha value is -2.49. The van der Waals surface area contributed by atoms with Gasteiger partial charge in [0.15, 0.2) is 5.11 Å². The van der Waals surface area contributed by atoms with Crippen LogP contribution in [0.1, 0.15) is 34.4 Å². The van der Waals surface area contributed by atoms with Gasteiger partial charge in [0, 0.05) is 11.0 Å². The lowest BCUT2D eigenvalue weighted by atomic mass is 9.96. The van der Waals surface area contributed by atoms with Crippen molar-refractivity contribution < 1.29 is 4.79 Å². The summed E-state index contributed by atoms with van der Waals surface area (Å²) in [4.78, 5) is 13.2. The average molecular weight is 367 g/mol. The maximum Gasteiger partial charge on any atom is 0.250 e. The predicted molar refractivity (Wildman–Crippen MR) is 106 cm³/mol. The van der Waals surface area contributed by atoms with E-state index in [0.29, 0.717) is 5.56 Å². The van der Waals surface area contributed by atoms with Gasteiger partial charge in [-0.05, 0) is 55.1 Å². The van der Waals surface area contributed by atoms with Gasteiger partial charge < -0.3 is 5.32 Å². The van der Waals surface area contributed by atoms with Crippen molar-refractivity contribution in [1.82, 2.24) is 5.32 Å². The summed E-state index contributed by atoms with van der Waals surface area (Å²) < 4.78 is 0. The van der Waals surface area contributed by atoms with Gasteiger partial charge in [-0.15, -0.1) is 11.3 Å². The largest absolute Gasteiger partial charge is 0.323 e. The molecule has 0 saturated heterocycles. The van der Waals surface area contributed by atoms with Gasteiger partial charge in [-0.1, -0.05) is 30.3 Å². The molecule has 1 aliphatic rings. The fourth-order valence-corrected chi connectivity index (χ4v) is 4.31. The predicted octanol–water partition coefficient (Wildman–Crippen LogP) is 4.02. The number of nitrogens with zero attached hydrogens (tertiary/aromatic N) is 1. The van der Waals surface area contributed by atoms with Crippen molar-refractivity contribution in [1.29, 1.82) is 5.26 Å². The third kappa shape index (κ3) is 4.32. The van der Waals surface area contributed by atoms with E-state index < -0.39 is 0 Å². The molecule has 3 rings (SSSR count). The van der Waals surface area contributed by atoms with Gasteiger partial charge in [-0.3, -0.25) is 10.1 Å². The summed E-state index contributed by atoms with van der Waals surface area (Å²) in [6.07, 6.45) is 7.38. The van der Waals surface area contributed by atoms with E-state index in [1.54, 1.807) is 17.4 Å². The van der Waals surface area contributed by atoms with Gasteiger partial charge in [-0.25, -0.2) is 0 Å². The molecule has 0 radical (unpaired) electrons. The molecule has 1 aromatic heterocycles. The molecular formula is C19H17N3OS2. The average Bonchev–Trinajstić information content (AvgIpc) is 2.97. The Bertz CT molecular complexity index is 863. The molecule has 1 heterocycles. The number of carbonyl (C=O) groups is 1. The number of benzene rings is 1. The summed E-state index contributed by atoms with van der Waals surface area (Å²) >= 11 is 6.77. The van der Waals surface area contributed by atoms with Crippen LogP contribution in [0.15, 0.2) is 36.4 Å². The Morgan fingerprint density at radius 3 is 2.76 bits per heavy atom. The molecule has 0 fully saturated rings. The Labute approximate surface area is 156 Å². The molecule has 1 aromatic carbocycles. The molecule has 1 aliphatic carbocycles. The maximum absolute atomic E-state index is 12.0. The molecule has 0 atom stereocenters. The summed E-state index contributed by atoms with van der Waals surface area (Å²) in [6.45, 7) is 0. The Morgan fingerprint density at radius 2 is 2.00 bits per heavy atom. The maximum atomic E-state index is 12.0. The second kappa shape index (κ2) is 8.06. The van der Waals surface area contributed by atoms with Crippen LogP contribution >= 0.6 is 23.6 Å². The van der Waals surface area contributed by atoms with Crippen molar-refractivity contribution in [3.8, 4) is 6.07 Å². The van der Waals surface area contributed by atoms with Gasteiger partial charge in [0.2, 0.25) is 5.91 Å². The minimum atomic E-state index is -0.304. The molecule has 2 aromatic rings. The second-order valence-electron chi connectivity index (χ2n) is 5.71. The topological polar surface area (TPSA) is 64.9 Å². The minimum Gasteiger partial charge on any atom is -0.323 e. The van der Waals surface area contributed by atoms with Crippen molar-refractivity contribution in [3.63, 3.8) is 0 Å². The molecule has 2 N–H and O–H groups in total. The smallest absolute Gasteiger partial charge is 0.250 e. The molecule has 6 heteroatoms. The van der Waals surface area contributed by atoms with Gasteiger partial charge >= 0.3 is 0 Å². The Morgan fingerprint density at radius 1 is 1.24 bits per heavy atom. The summed E-state index contributed by atoms with van der Waals surface area (Å²) in [5.74, 6) is -0.304. The zero-order chi connectivity index (χ0) is 17.6. The monoisotopic (exact) mass is 367 g/mol. The molecule has 25 heavy (non-hydrogen) atoms. The first-order chi connectivity index (χ1) is 12.2. The van der Waals surface area contributed by atoms with Crippen molar-refractivity contribution >= 4 is 45.7 Å². The van der Waals surface area contributed by atoms with Gasteiger partial charge in [0.05, 0.1) is 5.56 Å². The third-order valence-electron chi connectivity index (χ3n) is 3.97. The summed E-state index contributed by atoms with van der Waals surface area (Å²) in [7, 11) is 0. The van der Waals surface area contributed by atoms with Crippen LogP contribution in [0.5, 0.6) is 0 Å². The number of thiophene rings is 1. The fraction of sp³-hybridized carbons (Fsp3) is 0.211. The number of anilines is 1. The van der Waals surface area contributed by atoms with Crippen molar-refractivity contribution in [2.45, 2.75) is 25.7 Å². The number of carbonyl (C=O) groups excluding carboxylic acids is 1. The third-order valence-corrected chi connectivity index (χ3v) is 5.38. The molecule has 0 unspecified atom stereocenters. The number of rotatable bonds is 3. The van der Waals surface area contributed by atoms with E-state index in [1.807, 2.05) is 30.3 Å². The zero-order valence-corrected chi connectivity index (χ0v) is 15.2. The van der Waals surface area contributed by atoms with Crippen LogP contribution in [0.25, 0.3) is 6.08 Å². The van der Waals surface area contributed by atoms with E-state index in [-0.39, 0.29) is 11.0 Å². The highest BCUT2D eigenvalue weighted by Crippen LogP contribution is 2.37. The van der Waals surface area contributed by atoms with Crippen molar-refractivity contribution in [2.24, 2.45) is 0 Å². The SMILES string of the molecule is N#Cc1c(NC(=S)NC(=O)/C=C/c2ccccc2)sc2c1CCCC2. The van der Waals surface area contributed by atoms with E-state index in [0.717, 1.165) is 41.8 Å². The molecule has 0 saturated carbocycles. The number of nitrogens with one attached hydrogen (secondary N) is 2. The van der Waals surface area contributed by atoms with Crippen molar-refractivity contribution in [2.75, 3.05) is 5.32 Å². The van der Waals surface area contributed by atoms with Crippen LogP contribution in [-0.4, -0.2) is 11.0 Å². The highest BCUT2D eigenvalue weighted by molar-refractivity contribution is 7.80. The van der Waals surface area contributed by atoms with E-state index in [4.69, 9.17) is 12.2 Å². The van der Waals surface area contributed by atoms with E-state index in [1.165, 1.54) is 11.0 Å². The first-order valence-electron chi connectivity index (χ1n) is 8.07. The first kappa shape index (κ1) is 17.3. The Balaban J connectivity index is 1.63. The lowest BCUT2D eigenvalue weighted by Crippen LogP contribution is -2.32. The highest BCUT2D eigenvalue weighted by Gasteiger charge is 2.21. The molecule has 4 nitrogen and oxygen atoms in total. The van der Waals surface area contributed by atoms with E-state index in [2.05, 4.69) is 16.7 Å². The number of thiocarbonyl (C=S) groups is 1. The lowest BCUT2D eigenvalue weighted by Gasteiger charge is -2.09. The van der Waals surface area contributed by atoms with Crippen LogP contribution in [0.4, 0.5) is 5.00 Å². The summed E-state index contributed by atoms with van der Waals surface area (Å²) in [5.41, 5.74) is 2.74. The Kier molecular flexibility index (Phi) is 5.59. The fourth-order valence-electron chi connectivity index (χ4n) is 2.80. The first-order valence-corrected chi connectivity index (χ1v) is 9.29. The molecule has 1 amide bonds. The quantitative estimate of drug-likeness (QED) is 0.635. The van der Waals surface area contributed by atoms with Gasteiger partial charge in [0.25, 0.3) is 0 Å². The highest BCUT2D eigenvalue weighted by atomic mass is 32.1. The number of amides is 1.